The van der Waals surface area contributed by atoms with Crippen LogP contribution in [0.2, 0.25) is 0 Å². The molecular formula is C11H23NO3. The monoisotopic (exact) mass is 217 g/mol. The van der Waals surface area contributed by atoms with Crippen molar-refractivity contribution in [2.24, 2.45) is 17.6 Å². The van der Waals surface area contributed by atoms with E-state index in [1.54, 1.807) is 0 Å². The molecule has 0 heterocycles. The van der Waals surface area contributed by atoms with Crippen molar-refractivity contribution in [1.29, 1.82) is 0 Å². The maximum atomic E-state index is 10.7. The lowest BCUT2D eigenvalue weighted by Crippen LogP contribution is -2.24. The van der Waals surface area contributed by atoms with Gasteiger partial charge in [-0.15, -0.1) is 0 Å². The van der Waals surface area contributed by atoms with Gasteiger partial charge in [-0.25, -0.2) is 0 Å². The molecule has 0 aromatic heterocycles. The molecule has 4 nitrogen and oxygen atoms in total. The van der Waals surface area contributed by atoms with Crippen LogP contribution in [0, 0.1) is 11.8 Å². The van der Waals surface area contributed by atoms with E-state index in [2.05, 4.69) is 13.8 Å². The highest BCUT2D eigenvalue weighted by atomic mass is 16.5. The van der Waals surface area contributed by atoms with Gasteiger partial charge < -0.3 is 15.6 Å². The Kier molecular flexibility index (Phi) is 8.33. The number of carboxylic acids is 1. The second kappa shape index (κ2) is 8.68. The van der Waals surface area contributed by atoms with Gasteiger partial charge in [0, 0.05) is 19.8 Å². The first-order valence-electron chi connectivity index (χ1n) is 5.62. The number of aliphatic carboxylic acids is 1. The van der Waals surface area contributed by atoms with Crippen LogP contribution in [-0.2, 0) is 9.53 Å². The highest BCUT2D eigenvalue weighted by Crippen LogP contribution is 2.12. The van der Waals surface area contributed by atoms with Gasteiger partial charge in [0.25, 0.3) is 0 Å². The van der Waals surface area contributed by atoms with Crippen molar-refractivity contribution in [3.8, 4) is 0 Å². The molecule has 2 atom stereocenters. The predicted octanol–water partition coefficient (Wildman–Crippen LogP) is 1.49. The summed E-state index contributed by atoms with van der Waals surface area (Å²) in [6.45, 7) is 5.86. The summed E-state index contributed by atoms with van der Waals surface area (Å²) in [6.07, 6.45) is 2.52. The largest absolute Gasteiger partial charge is 0.481 e. The molecular weight excluding hydrogens is 194 g/mol. The van der Waals surface area contributed by atoms with E-state index in [0.717, 1.165) is 19.4 Å². The molecule has 0 rings (SSSR count). The highest BCUT2D eigenvalue weighted by Gasteiger charge is 2.16. The SMILES string of the molecule is CCCOCC(C)CCC(CN)C(=O)O. The number of carboxylic acid groups (broad SMARTS) is 1. The summed E-state index contributed by atoms with van der Waals surface area (Å²) in [7, 11) is 0. The van der Waals surface area contributed by atoms with E-state index in [9.17, 15) is 4.79 Å². The quantitative estimate of drug-likeness (QED) is 0.574. The number of hydrogen-bond acceptors (Lipinski definition) is 3. The molecule has 0 aromatic carbocycles. The molecule has 0 spiro atoms. The van der Waals surface area contributed by atoms with Gasteiger partial charge in [0.1, 0.15) is 0 Å². The van der Waals surface area contributed by atoms with Crippen LogP contribution in [0.25, 0.3) is 0 Å². The molecule has 0 aliphatic rings. The molecule has 2 unspecified atom stereocenters. The molecule has 0 radical (unpaired) electrons. The Morgan fingerprint density at radius 1 is 1.47 bits per heavy atom. The van der Waals surface area contributed by atoms with Crippen molar-refractivity contribution in [1.82, 2.24) is 0 Å². The van der Waals surface area contributed by atoms with Crippen LogP contribution in [0.15, 0.2) is 0 Å². The van der Waals surface area contributed by atoms with Crippen molar-refractivity contribution >= 4 is 5.97 Å². The second-order valence-electron chi connectivity index (χ2n) is 4.03. The van der Waals surface area contributed by atoms with Crippen molar-refractivity contribution in [2.75, 3.05) is 19.8 Å². The van der Waals surface area contributed by atoms with E-state index in [4.69, 9.17) is 15.6 Å². The lowest BCUT2D eigenvalue weighted by molar-refractivity contribution is -0.141. The van der Waals surface area contributed by atoms with Gasteiger partial charge in [-0.3, -0.25) is 4.79 Å². The minimum Gasteiger partial charge on any atom is -0.481 e. The molecule has 0 aliphatic heterocycles. The lowest BCUT2D eigenvalue weighted by Gasteiger charge is -2.14. The summed E-state index contributed by atoms with van der Waals surface area (Å²) in [5, 5.41) is 8.79. The van der Waals surface area contributed by atoms with Crippen LogP contribution in [0.1, 0.15) is 33.1 Å². The smallest absolute Gasteiger partial charge is 0.307 e. The third-order valence-corrected chi connectivity index (χ3v) is 2.39. The Hall–Kier alpha value is -0.610. The summed E-state index contributed by atoms with van der Waals surface area (Å²) in [5.74, 6) is -0.789. The molecule has 90 valence electrons. The topological polar surface area (TPSA) is 72.5 Å². The van der Waals surface area contributed by atoms with Crippen molar-refractivity contribution in [3.63, 3.8) is 0 Å². The first kappa shape index (κ1) is 14.4. The minimum atomic E-state index is -0.792. The van der Waals surface area contributed by atoms with Crippen LogP contribution in [0.4, 0.5) is 0 Å². The Morgan fingerprint density at radius 2 is 2.13 bits per heavy atom. The molecule has 0 saturated heterocycles. The Bertz CT molecular complexity index is 173. The summed E-state index contributed by atoms with van der Waals surface area (Å²) in [5.41, 5.74) is 5.37. The average molecular weight is 217 g/mol. The second-order valence-corrected chi connectivity index (χ2v) is 4.03. The standard InChI is InChI=1S/C11H23NO3/c1-3-6-15-8-9(2)4-5-10(7-12)11(13)14/h9-10H,3-8,12H2,1-2H3,(H,13,14). The Morgan fingerprint density at radius 3 is 2.60 bits per heavy atom. The normalized spacial score (nSPS) is 14.9. The van der Waals surface area contributed by atoms with Gasteiger partial charge in [-0.1, -0.05) is 13.8 Å². The van der Waals surface area contributed by atoms with Crippen molar-refractivity contribution in [2.45, 2.75) is 33.1 Å². The third kappa shape index (κ3) is 7.33. The van der Waals surface area contributed by atoms with Gasteiger partial charge >= 0.3 is 5.97 Å². The minimum absolute atomic E-state index is 0.220. The number of rotatable bonds is 9. The molecule has 15 heavy (non-hydrogen) atoms. The van der Waals surface area contributed by atoms with E-state index in [0.29, 0.717) is 18.9 Å². The van der Waals surface area contributed by atoms with Crippen LogP contribution in [0.5, 0.6) is 0 Å². The van der Waals surface area contributed by atoms with Crippen molar-refractivity contribution in [3.05, 3.63) is 0 Å². The van der Waals surface area contributed by atoms with E-state index in [-0.39, 0.29) is 6.54 Å². The zero-order valence-electron chi connectivity index (χ0n) is 9.74. The number of ether oxygens (including phenoxy) is 1. The molecule has 0 aliphatic carbocycles. The van der Waals surface area contributed by atoms with Crippen LogP contribution >= 0.6 is 0 Å². The number of carbonyl (C=O) groups is 1. The number of hydrogen-bond donors (Lipinski definition) is 2. The summed E-state index contributed by atoms with van der Waals surface area (Å²) in [4.78, 5) is 10.7. The zero-order chi connectivity index (χ0) is 11.7. The average Bonchev–Trinajstić information content (AvgIpc) is 2.18. The Balaban J connectivity index is 3.59. The predicted molar refractivity (Wildman–Crippen MR) is 59.7 cm³/mol. The maximum Gasteiger partial charge on any atom is 0.307 e. The molecule has 0 aromatic rings. The van der Waals surface area contributed by atoms with Gasteiger partial charge in [-0.05, 0) is 25.2 Å². The fourth-order valence-electron chi connectivity index (χ4n) is 1.34. The van der Waals surface area contributed by atoms with E-state index in [1.165, 1.54) is 0 Å². The first-order valence-corrected chi connectivity index (χ1v) is 5.62. The fraction of sp³-hybridized carbons (Fsp3) is 0.909. The number of nitrogens with two attached hydrogens (primary N) is 1. The van der Waals surface area contributed by atoms with Crippen LogP contribution in [0.3, 0.4) is 0 Å². The maximum absolute atomic E-state index is 10.7. The summed E-state index contributed by atoms with van der Waals surface area (Å²) in [6, 6.07) is 0. The Labute approximate surface area is 91.8 Å². The molecule has 0 saturated carbocycles. The van der Waals surface area contributed by atoms with Gasteiger partial charge in [0.05, 0.1) is 5.92 Å². The van der Waals surface area contributed by atoms with Crippen LogP contribution in [-0.4, -0.2) is 30.8 Å². The molecule has 3 N–H and O–H groups in total. The molecule has 0 bridgehead atoms. The van der Waals surface area contributed by atoms with E-state index < -0.39 is 11.9 Å². The molecule has 0 fully saturated rings. The fourth-order valence-corrected chi connectivity index (χ4v) is 1.34. The zero-order valence-corrected chi connectivity index (χ0v) is 9.74. The molecule has 0 amide bonds. The highest BCUT2D eigenvalue weighted by molar-refractivity contribution is 5.70. The van der Waals surface area contributed by atoms with Gasteiger partial charge in [-0.2, -0.15) is 0 Å². The van der Waals surface area contributed by atoms with Gasteiger partial charge in [0.15, 0.2) is 0 Å². The van der Waals surface area contributed by atoms with E-state index >= 15 is 0 Å². The summed E-state index contributed by atoms with van der Waals surface area (Å²) < 4.78 is 5.39. The third-order valence-electron chi connectivity index (χ3n) is 2.39. The van der Waals surface area contributed by atoms with E-state index in [1.807, 2.05) is 0 Å². The van der Waals surface area contributed by atoms with Gasteiger partial charge in [0.2, 0.25) is 0 Å². The first-order chi connectivity index (χ1) is 7.11. The summed E-state index contributed by atoms with van der Waals surface area (Å²) >= 11 is 0. The lowest BCUT2D eigenvalue weighted by atomic mass is 9.97. The van der Waals surface area contributed by atoms with Crippen LogP contribution < -0.4 is 5.73 Å². The van der Waals surface area contributed by atoms with Crippen molar-refractivity contribution < 1.29 is 14.6 Å². The molecule has 4 heteroatoms.